The van der Waals surface area contributed by atoms with E-state index in [1.807, 2.05) is 37.3 Å². The van der Waals surface area contributed by atoms with E-state index in [-0.39, 0.29) is 35.9 Å². The van der Waals surface area contributed by atoms with Crippen LogP contribution in [0.2, 0.25) is 0 Å². The SMILES string of the molecule is C[C@H](CNCC(CO)c1ccccc1)NS(=O)(=O)c1ccc2cnccc2c1.Cl. The van der Waals surface area contributed by atoms with Crippen molar-refractivity contribution in [1.29, 1.82) is 0 Å². The highest BCUT2D eigenvalue weighted by Gasteiger charge is 2.18. The zero-order valence-electron chi connectivity index (χ0n) is 16.2. The van der Waals surface area contributed by atoms with Crippen molar-refractivity contribution >= 4 is 33.2 Å². The fourth-order valence-electron chi connectivity index (χ4n) is 3.09. The number of pyridine rings is 1. The highest BCUT2D eigenvalue weighted by atomic mass is 35.5. The zero-order chi connectivity index (χ0) is 20.0. The summed E-state index contributed by atoms with van der Waals surface area (Å²) in [5.41, 5.74) is 1.05. The first-order valence-electron chi connectivity index (χ1n) is 9.22. The number of rotatable bonds is 9. The summed E-state index contributed by atoms with van der Waals surface area (Å²) in [7, 11) is -3.62. The second-order valence-electron chi connectivity index (χ2n) is 6.86. The molecular formula is C21H26ClN3O3S. The van der Waals surface area contributed by atoms with Crippen molar-refractivity contribution in [1.82, 2.24) is 15.0 Å². The molecule has 0 fully saturated rings. The lowest BCUT2D eigenvalue weighted by Gasteiger charge is -2.19. The van der Waals surface area contributed by atoms with Gasteiger partial charge in [-0.3, -0.25) is 4.98 Å². The largest absolute Gasteiger partial charge is 0.396 e. The smallest absolute Gasteiger partial charge is 0.240 e. The van der Waals surface area contributed by atoms with E-state index in [4.69, 9.17) is 0 Å². The van der Waals surface area contributed by atoms with Crippen LogP contribution in [0.15, 0.2) is 71.9 Å². The first-order chi connectivity index (χ1) is 13.5. The summed E-state index contributed by atoms with van der Waals surface area (Å²) >= 11 is 0. The molecule has 1 unspecified atom stereocenters. The third kappa shape index (κ3) is 6.22. The zero-order valence-corrected chi connectivity index (χ0v) is 17.8. The van der Waals surface area contributed by atoms with Crippen molar-refractivity contribution in [2.45, 2.75) is 23.8 Å². The lowest BCUT2D eigenvalue weighted by Crippen LogP contribution is -2.41. The molecule has 1 aromatic heterocycles. The van der Waals surface area contributed by atoms with E-state index in [1.54, 1.807) is 36.7 Å². The lowest BCUT2D eigenvalue weighted by molar-refractivity contribution is 0.261. The van der Waals surface area contributed by atoms with E-state index in [0.29, 0.717) is 13.1 Å². The second-order valence-corrected chi connectivity index (χ2v) is 8.57. The summed E-state index contributed by atoms with van der Waals surface area (Å²) in [6.45, 7) is 2.87. The Morgan fingerprint density at radius 2 is 1.79 bits per heavy atom. The third-order valence-electron chi connectivity index (χ3n) is 4.61. The number of hydrogen-bond acceptors (Lipinski definition) is 5. The lowest BCUT2D eigenvalue weighted by atomic mass is 10.00. The molecule has 3 rings (SSSR count). The Bertz CT molecular complexity index is 1020. The quantitative estimate of drug-likeness (QED) is 0.480. The van der Waals surface area contributed by atoms with Crippen LogP contribution in [0.5, 0.6) is 0 Å². The van der Waals surface area contributed by atoms with Crippen LogP contribution in [0.3, 0.4) is 0 Å². The summed E-state index contributed by atoms with van der Waals surface area (Å²) in [4.78, 5) is 4.27. The number of aliphatic hydroxyl groups is 1. The van der Waals surface area contributed by atoms with Gasteiger partial charge in [0.15, 0.2) is 0 Å². The molecule has 3 N–H and O–H groups in total. The molecule has 0 aliphatic carbocycles. The molecule has 0 spiro atoms. The highest BCUT2D eigenvalue weighted by molar-refractivity contribution is 7.89. The van der Waals surface area contributed by atoms with E-state index >= 15 is 0 Å². The summed E-state index contributed by atoms with van der Waals surface area (Å²) in [6, 6.07) is 16.2. The Labute approximate surface area is 177 Å². The van der Waals surface area contributed by atoms with Crippen LogP contribution in [-0.4, -0.2) is 44.2 Å². The van der Waals surface area contributed by atoms with Gasteiger partial charge >= 0.3 is 0 Å². The number of hydrogen-bond donors (Lipinski definition) is 3. The van der Waals surface area contributed by atoms with Crippen molar-refractivity contribution in [2.24, 2.45) is 0 Å². The van der Waals surface area contributed by atoms with Crippen LogP contribution in [-0.2, 0) is 10.0 Å². The van der Waals surface area contributed by atoms with E-state index in [9.17, 15) is 13.5 Å². The van der Waals surface area contributed by atoms with Gasteiger partial charge in [0.2, 0.25) is 10.0 Å². The molecule has 6 nitrogen and oxygen atoms in total. The molecule has 0 amide bonds. The van der Waals surface area contributed by atoms with E-state index < -0.39 is 10.0 Å². The molecule has 0 saturated heterocycles. The van der Waals surface area contributed by atoms with Gasteiger partial charge in [-0.05, 0) is 36.1 Å². The number of aromatic nitrogens is 1. The Kier molecular flexibility index (Phi) is 8.55. The van der Waals surface area contributed by atoms with Gasteiger partial charge < -0.3 is 10.4 Å². The molecule has 1 heterocycles. The third-order valence-corrected chi connectivity index (χ3v) is 6.20. The first kappa shape index (κ1) is 23.3. The Hall–Kier alpha value is -2.03. The molecule has 0 radical (unpaired) electrons. The number of benzene rings is 2. The summed E-state index contributed by atoms with van der Waals surface area (Å²) in [5.74, 6) is -0.0286. The number of sulfonamides is 1. The van der Waals surface area contributed by atoms with E-state index in [2.05, 4.69) is 15.0 Å². The molecule has 2 aromatic carbocycles. The Morgan fingerprint density at radius 3 is 2.52 bits per heavy atom. The molecule has 0 aliphatic rings. The Morgan fingerprint density at radius 1 is 1.03 bits per heavy atom. The van der Waals surface area contributed by atoms with Gasteiger partial charge in [0.25, 0.3) is 0 Å². The molecule has 0 saturated carbocycles. The van der Waals surface area contributed by atoms with Crippen LogP contribution in [0.1, 0.15) is 18.4 Å². The topological polar surface area (TPSA) is 91.3 Å². The molecule has 8 heteroatoms. The van der Waals surface area contributed by atoms with Crippen LogP contribution in [0, 0.1) is 0 Å². The van der Waals surface area contributed by atoms with E-state index in [0.717, 1.165) is 16.3 Å². The average molecular weight is 436 g/mol. The minimum atomic E-state index is -3.62. The minimum absolute atomic E-state index is 0. The number of nitrogens with zero attached hydrogens (tertiary/aromatic N) is 1. The fraction of sp³-hybridized carbons (Fsp3) is 0.286. The highest BCUT2D eigenvalue weighted by Crippen LogP contribution is 2.18. The summed E-state index contributed by atoms with van der Waals surface area (Å²) in [5, 5.41) is 14.6. The van der Waals surface area contributed by atoms with Crippen LogP contribution in [0.4, 0.5) is 0 Å². The maximum absolute atomic E-state index is 12.7. The van der Waals surface area contributed by atoms with Crippen molar-refractivity contribution in [3.8, 4) is 0 Å². The fourth-order valence-corrected chi connectivity index (χ4v) is 4.37. The maximum atomic E-state index is 12.7. The predicted octanol–water partition coefficient (Wildman–Crippen LogP) is 2.69. The van der Waals surface area contributed by atoms with E-state index in [1.165, 1.54) is 0 Å². The van der Waals surface area contributed by atoms with Gasteiger partial charge in [0, 0.05) is 42.8 Å². The maximum Gasteiger partial charge on any atom is 0.240 e. The van der Waals surface area contributed by atoms with Crippen molar-refractivity contribution in [3.05, 3.63) is 72.6 Å². The van der Waals surface area contributed by atoms with Gasteiger partial charge in [-0.1, -0.05) is 36.4 Å². The molecule has 0 aliphatic heterocycles. The molecule has 0 bridgehead atoms. The molecule has 156 valence electrons. The van der Waals surface area contributed by atoms with Crippen molar-refractivity contribution in [2.75, 3.05) is 19.7 Å². The van der Waals surface area contributed by atoms with Crippen LogP contribution >= 0.6 is 12.4 Å². The number of aliphatic hydroxyl groups excluding tert-OH is 1. The summed E-state index contributed by atoms with van der Waals surface area (Å²) < 4.78 is 28.0. The van der Waals surface area contributed by atoms with Crippen molar-refractivity contribution in [3.63, 3.8) is 0 Å². The number of fused-ring (bicyclic) bond motifs is 1. The minimum Gasteiger partial charge on any atom is -0.396 e. The molecule has 3 aromatic rings. The monoisotopic (exact) mass is 435 g/mol. The molecule has 29 heavy (non-hydrogen) atoms. The second kappa shape index (κ2) is 10.7. The van der Waals surface area contributed by atoms with Crippen molar-refractivity contribution < 1.29 is 13.5 Å². The number of halogens is 1. The normalized spacial score (nSPS) is 13.6. The van der Waals surface area contributed by atoms with Gasteiger partial charge in [0.05, 0.1) is 11.5 Å². The summed E-state index contributed by atoms with van der Waals surface area (Å²) in [6.07, 6.45) is 3.35. The van der Waals surface area contributed by atoms with Gasteiger partial charge in [-0.15, -0.1) is 12.4 Å². The molecular weight excluding hydrogens is 410 g/mol. The van der Waals surface area contributed by atoms with Gasteiger partial charge in [-0.25, -0.2) is 13.1 Å². The van der Waals surface area contributed by atoms with Gasteiger partial charge in [0.1, 0.15) is 0 Å². The predicted molar refractivity (Wildman–Crippen MR) is 118 cm³/mol. The molecule has 2 atom stereocenters. The van der Waals surface area contributed by atoms with Crippen LogP contribution in [0.25, 0.3) is 10.8 Å². The first-order valence-corrected chi connectivity index (χ1v) is 10.7. The number of nitrogens with one attached hydrogen (secondary N) is 2. The Balaban J connectivity index is 0.00000300. The standard InChI is InChI=1S/C21H25N3O3S.ClH/c1-16(12-23-14-20(15-25)17-5-3-2-4-6-17)24-28(26,27)21-8-7-19-13-22-10-9-18(19)11-21;/h2-11,13,16,20,23-25H,12,14-15H2,1H3;1H/t16-,20?;/m1./s1. The van der Waals surface area contributed by atoms with Crippen LogP contribution < -0.4 is 10.0 Å². The average Bonchev–Trinajstić information content (AvgIpc) is 2.71. The van der Waals surface area contributed by atoms with Gasteiger partial charge in [-0.2, -0.15) is 0 Å².